The van der Waals surface area contributed by atoms with Gasteiger partial charge in [0, 0.05) is 13.6 Å². The number of nitrogens with zero attached hydrogens (tertiary/aromatic N) is 1. The molecule has 0 N–H and O–H groups in total. The van der Waals surface area contributed by atoms with Crippen molar-refractivity contribution in [3.05, 3.63) is 30.1 Å². The van der Waals surface area contributed by atoms with Gasteiger partial charge in [0.25, 0.3) is 0 Å². The van der Waals surface area contributed by atoms with Gasteiger partial charge >= 0.3 is 5.97 Å². The fourth-order valence-electron chi connectivity index (χ4n) is 1.41. The first kappa shape index (κ1) is 15.6. The number of carbonyl (C=O) groups is 1. The predicted octanol–water partition coefficient (Wildman–Crippen LogP) is 1.40. The van der Waals surface area contributed by atoms with E-state index < -0.39 is 21.8 Å². The second-order valence-corrected chi connectivity index (χ2v) is 5.88. The Hall–Kier alpha value is -1.47. The third kappa shape index (κ3) is 4.29. The molecule has 0 bridgehead atoms. The van der Waals surface area contributed by atoms with E-state index in [4.69, 9.17) is 4.74 Å². The highest BCUT2D eigenvalue weighted by atomic mass is 32.2. The molecule has 0 unspecified atom stereocenters. The second kappa shape index (κ2) is 6.63. The number of ether oxygens (including phenoxy) is 1. The molecular weight excluding hydrogens is 273 g/mol. The second-order valence-electron chi connectivity index (χ2n) is 3.84. The molecule has 0 aliphatic rings. The fourth-order valence-corrected chi connectivity index (χ4v) is 2.61. The van der Waals surface area contributed by atoms with Crippen molar-refractivity contribution in [2.24, 2.45) is 0 Å². The predicted molar refractivity (Wildman–Crippen MR) is 67.5 cm³/mol. The molecule has 1 aromatic carbocycles. The zero-order valence-electron chi connectivity index (χ0n) is 10.8. The molecule has 0 aliphatic heterocycles. The van der Waals surface area contributed by atoms with Crippen molar-refractivity contribution in [1.29, 1.82) is 0 Å². The molecule has 0 radical (unpaired) electrons. The Kier molecular flexibility index (Phi) is 5.44. The van der Waals surface area contributed by atoms with E-state index in [2.05, 4.69) is 0 Å². The average molecular weight is 289 g/mol. The maximum Gasteiger partial charge on any atom is 0.307 e. The molecule has 0 spiro atoms. The van der Waals surface area contributed by atoms with Gasteiger partial charge in [0.15, 0.2) is 0 Å². The molecule has 0 aromatic heterocycles. The molecule has 0 saturated heterocycles. The molecule has 0 amide bonds. The van der Waals surface area contributed by atoms with Gasteiger partial charge in [0.1, 0.15) is 5.82 Å². The van der Waals surface area contributed by atoms with Gasteiger partial charge in [-0.25, -0.2) is 17.1 Å². The van der Waals surface area contributed by atoms with Crippen molar-refractivity contribution < 1.29 is 22.3 Å². The van der Waals surface area contributed by atoms with Gasteiger partial charge in [0.05, 0.1) is 17.9 Å². The van der Waals surface area contributed by atoms with Gasteiger partial charge in [-0.05, 0) is 25.1 Å². The third-order valence-electron chi connectivity index (χ3n) is 2.44. The van der Waals surface area contributed by atoms with Gasteiger partial charge in [-0.15, -0.1) is 0 Å². The normalized spacial score (nSPS) is 11.6. The first-order chi connectivity index (χ1) is 8.87. The summed E-state index contributed by atoms with van der Waals surface area (Å²) in [5.74, 6) is -1.09. The molecule has 0 saturated carbocycles. The topological polar surface area (TPSA) is 63.7 Å². The van der Waals surface area contributed by atoms with E-state index >= 15 is 0 Å². The third-order valence-corrected chi connectivity index (χ3v) is 4.29. The minimum absolute atomic E-state index is 0.0162. The Morgan fingerprint density at radius 2 is 2.11 bits per heavy atom. The van der Waals surface area contributed by atoms with Crippen LogP contribution < -0.4 is 0 Å². The molecule has 0 fully saturated rings. The average Bonchev–Trinajstić information content (AvgIpc) is 2.36. The largest absolute Gasteiger partial charge is 0.466 e. The SMILES string of the molecule is CCOC(=O)CCN(C)S(=O)(=O)c1cccc(F)c1. The lowest BCUT2D eigenvalue weighted by Crippen LogP contribution is -2.29. The van der Waals surface area contributed by atoms with E-state index in [0.29, 0.717) is 0 Å². The number of benzene rings is 1. The molecule has 5 nitrogen and oxygen atoms in total. The van der Waals surface area contributed by atoms with E-state index in [1.807, 2.05) is 0 Å². The van der Waals surface area contributed by atoms with Gasteiger partial charge in [0.2, 0.25) is 10.0 Å². The number of hydrogen-bond acceptors (Lipinski definition) is 4. The minimum Gasteiger partial charge on any atom is -0.466 e. The van der Waals surface area contributed by atoms with Crippen LogP contribution in [0.15, 0.2) is 29.2 Å². The zero-order valence-corrected chi connectivity index (χ0v) is 11.6. The van der Waals surface area contributed by atoms with Crippen molar-refractivity contribution in [3.63, 3.8) is 0 Å². The van der Waals surface area contributed by atoms with Crippen molar-refractivity contribution in [1.82, 2.24) is 4.31 Å². The monoisotopic (exact) mass is 289 g/mol. The summed E-state index contributed by atoms with van der Waals surface area (Å²) < 4.78 is 42.9. The van der Waals surface area contributed by atoms with E-state index in [0.717, 1.165) is 16.4 Å². The van der Waals surface area contributed by atoms with Gasteiger partial charge in [-0.2, -0.15) is 0 Å². The zero-order chi connectivity index (χ0) is 14.5. The van der Waals surface area contributed by atoms with E-state index in [-0.39, 0.29) is 24.5 Å². The number of halogens is 1. The molecule has 0 heterocycles. The Labute approximate surface area is 112 Å². The standard InChI is InChI=1S/C12H16FNO4S/c1-3-18-12(15)7-8-14(2)19(16,17)11-6-4-5-10(13)9-11/h4-6,9H,3,7-8H2,1-2H3. The summed E-state index contributed by atoms with van der Waals surface area (Å²) in [6.07, 6.45) is -0.0428. The molecule has 106 valence electrons. The van der Waals surface area contributed by atoms with Gasteiger partial charge < -0.3 is 4.74 Å². The molecule has 7 heteroatoms. The van der Waals surface area contributed by atoms with Crippen LogP contribution in [0.25, 0.3) is 0 Å². The van der Waals surface area contributed by atoms with E-state index in [1.54, 1.807) is 6.92 Å². The molecule has 19 heavy (non-hydrogen) atoms. The fraction of sp³-hybridized carbons (Fsp3) is 0.417. The molecule has 1 aromatic rings. The van der Waals surface area contributed by atoms with Crippen LogP contribution in [-0.4, -0.2) is 38.9 Å². The highest BCUT2D eigenvalue weighted by molar-refractivity contribution is 7.89. The van der Waals surface area contributed by atoms with E-state index in [1.165, 1.54) is 19.2 Å². The summed E-state index contributed by atoms with van der Waals surface area (Å²) in [6.45, 7) is 1.90. The number of hydrogen-bond donors (Lipinski definition) is 0. The van der Waals surface area contributed by atoms with Crippen molar-refractivity contribution >= 4 is 16.0 Å². The van der Waals surface area contributed by atoms with Crippen molar-refractivity contribution in [2.45, 2.75) is 18.2 Å². The van der Waals surface area contributed by atoms with Gasteiger partial charge in [-0.3, -0.25) is 4.79 Å². The van der Waals surface area contributed by atoms with Gasteiger partial charge in [-0.1, -0.05) is 6.07 Å². The molecule has 0 aliphatic carbocycles. The summed E-state index contributed by atoms with van der Waals surface area (Å²) in [6, 6.07) is 4.73. The highest BCUT2D eigenvalue weighted by Gasteiger charge is 2.21. The highest BCUT2D eigenvalue weighted by Crippen LogP contribution is 2.15. The van der Waals surface area contributed by atoms with Crippen LogP contribution in [0.1, 0.15) is 13.3 Å². The summed E-state index contributed by atoms with van der Waals surface area (Å²) in [7, 11) is -2.45. The van der Waals surface area contributed by atoms with Crippen LogP contribution >= 0.6 is 0 Å². The van der Waals surface area contributed by atoms with Crippen LogP contribution in [0, 0.1) is 5.82 Å². The Morgan fingerprint density at radius 1 is 1.42 bits per heavy atom. The minimum atomic E-state index is -3.79. The Bertz CT molecular complexity index is 544. The maximum absolute atomic E-state index is 13.0. The number of rotatable bonds is 6. The van der Waals surface area contributed by atoms with Crippen molar-refractivity contribution in [2.75, 3.05) is 20.2 Å². The van der Waals surface area contributed by atoms with Crippen molar-refractivity contribution in [3.8, 4) is 0 Å². The van der Waals surface area contributed by atoms with Crippen LogP contribution in [-0.2, 0) is 19.6 Å². The quantitative estimate of drug-likeness (QED) is 0.743. The van der Waals surface area contributed by atoms with Crippen LogP contribution in [0.4, 0.5) is 4.39 Å². The smallest absolute Gasteiger partial charge is 0.307 e. The van der Waals surface area contributed by atoms with E-state index in [9.17, 15) is 17.6 Å². The lowest BCUT2D eigenvalue weighted by molar-refractivity contribution is -0.143. The first-order valence-electron chi connectivity index (χ1n) is 5.75. The molecular formula is C12H16FNO4S. The Morgan fingerprint density at radius 3 is 2.68 bits per heavy atom. The Balaban J connectivity index is 2.75. The summed E-state index contributed by atoms with van der Waals surface area (Å²) in [4.78, 5) is 11.0. The lowest BCUT2D eigenvalue weighted by atomic mass is 10.4. The lowest BCUT2D eigenvalue weighted by Gasteiger charge is -2.16. The first-order valence-corrected chi connectivity index (χ1v) is 7.19. The number of carbonyl (C=O) groups excluding carboxylic acids is 1. The maximum atomic E-state index is 13.0. The van der Waals surface area contributed by atoms with Crippen LogP contribution in [0.3, 0.4) is 0 Å². The van der Waals surface area contributed by atoms with Crippen LogP contribution in [0.5, 0.6) is 0 Å². The molecule has 1 rings (SSSR count). The van der Waals surface area contributed by atoms with Crippen LogP contribution in [0.2, 0.25) is 0 Å². The summed E-state index contributed by atoms with van der Waals surface area (Å²) in [5.41, 5.74) is 0. The molecule has 0 atom stereocenters. The number of esters is 1. The number of sulfonamides is 1. The summed E-state index contributed by atoms with van der Waals surface area (Å²) >= 11 is 0. The summed E-state index contributed by atoms with van der Waals surface area (Å²) in [5, 5.41) is 0.